The van der Waals surface area contributed by atoms with Crippen LogP contribution in [0.25, 0.3) is 0 Å². The van der Waals surface area contributed by atoms with Gasteiger partial charge in [0.2, 0.25) is 0 Å². The maximum Gasteiger partial charge on any atom is 0.340 e. The van der Waals surface area contributed by atoms with Crippen molar-refractivity contribution in [1.82, 2.24) is 0 Å². The van der Waals surface area contributed by atoms with Gasteiger partial charge in [0.1, 0.15) is 17.3 Å². The number of carbonyl (C=O) groups excluding carboxylic acids is 2. The van der Waals surface area contributed by atoms with Crippen molar-refractivity contribution in [3.63, 3.8) is 0 Å². The molecular weight excluding hydrogens is 351 g/mol. The van der Waals surface area contributed by atoms with Crippen molar-refractivity contribution in [1.29, 1.82) is 0 Å². The fraction of sp³-hybridized carbons (Fsp3) is 0.0667. The van der Waals surface area contributed by atoms with Gasteiger partial charge in [-0.05, 0) is 24.3 Å². The van der Waals surface area contributed by atoms with E-state index in [2.05, 4.69) is 0 Å². The Hall–Kier alpha value is -2.18. The second kappa shape index (κ2) is 7.39. The van der Waals surface area contributed by atoms with Gasteiger partial charge in [0.05, 0.1) is 15.6 Å². The van der Waals surface area contributed by atoms with Gasteiger partial charge in [-0.15, -0.1) is 0 Å². The van der Waals surface area contributed by atoms with Crippen molar-refractivity contribution in [3.8, 4) is 0 Å². The Morgan fingerprint density at radius 1 is 1.04 bits per heavy atom. The van der Waals surface area contributed by atoms with E-state index in [9.17, 15) is 18.4 Å². The van der Waals surface area contributed by atoms with Crippen LogP contribution in [0.5, 0.6) is 0 Å². The van der Waals surface area contributed by atoms with Gasteiger partial charge in [0.15, 0.2) is 6.61 Å². The normalized spacial score (nSPS) is 10.3. The predicted octanol–water partition coefficient (Wildman–Crippen LogP) is 4.07. The summed E-state index contributed by atoms with van der Waals surface area (Å²) in [5.41, 5.74) is -0.640. The molecule has 4 nitrogen and oxygen atoms in total. The molecule has 0 aliphatic carbocycles. The van der Waals surface area contributed by atoms with Gasteiger partial charge in [-0.1, -0.05) is 35.3 Å². The summed E-state index contributed by atoms with van der Waals surface area (Å²) in [6, 6.07) is 7.45. The summed E-state index contributed by atoms with van der Waals surface area (Å²) in [7, 11) is 0. The highest BCUT2D eigenvalue weighted by Crippen LogP contribution is 2.26. The molecule has 0 atom stereocenters. The smallest absolute Gasteiger partial charge is 0.340 e. The molecule has 0 saturated heterocycles. The number of esters is 1. The molecule has 0 aliphatic rings. The molecule has 0 unspecified atom stereocenters. The average molecular weight is 360 g/mol. The van der Waals surface area contributed by atoms with Gasteiger partial charge in [0.25, 0.3) is 5.91 Å². The van der Waals surface area contributed by atoms with E-state index < -0.39 is 35.8 Å². The molecule has 0 spiro atoms. The quantitative estimate of drug-likeness (QED) is 0.837. The Morgan fingerprint density at radius 3 is 2.30 bits per heavy atom. The molecule has 0 aromatic heterocycles. The Morgan fingerprint density at radius 2 is 1.65 bits per heavy atom. The number of benzene rings is 2. The SMILES string of the molecule is O=C(COC(=O)c1cccc(Cl)c1Cl)Nc1c(F)cccc1F. The number of para-hydroxylation sites is 1. The number of carbonyl (C=O) groups is 2. The molecule has 0 radical (unpaired) electrons. The van der Waals surface area contributed by atoms with Crippen molar-refractivity contribution in [2.45, 2.75) is 0 Å². The van der Waals surface area contributed by atoms with E-state index in [1.165, 1.54) is 18.2 Å². The van der Waals surface area contributed by atoms with E-state index in [0.29, 0.717) is 0 Å². The number of hydrogen-bond acceptors (Lipinski definition) is 3. The molecule has 0 bridgehead atoms. The number of halogens is 4. The molecule has 120 valence electrons. The van der Waals surface area contributed by atoms with Crippen LogP contribution in [-0.4, -0.2) is 18.5 Å². The zero-order chi connectivity index (χ0) is 17.0. The summed E-state index contributed by atoms with van der Waals surface area (Å²) in [5, 5.41) is 2.12. The monoisotopic (exact) mass is 359 g/mol. The zero-order valence-corrected chi connectivity index (χ0v) is 12.9. The third-order valence-electron chi connectivity index (χ3n) is 2.73. The molecule has 2 aromatic carbocycles. The van der Waals surface area contributed by atoms with Crippen LogP contribution in [0, 0.1) is 11.6 Å². The predicted molar refractivity (Wildman–Crippen MR) is 81.7 cm³/mol. The molecule has 23 heavy (non-hydrogen) atoms. The van der Waals surface area contributed by atoms with E-state index in [1.54, 1.807) is 0 Å². The highest BCUT2D eigenvalue weighted by molar-refractivity contribution is 6.43. The Kier molecular flexibility index (Phi) is 5.52. The lowest BCUT2D eigenvalue weighted by atomic mass is 10.2. The van der Waals surface area contributed by atoms with Crippen molar-refractivity contribution in [3.05, 3.63) is 63.6 Å². The first kappa shape index (κ1) is 17.2. The Bertz CT molecular complexity index is 748. The van der Waals surface area contributed by atoms with E-state index in [0.717, 1.165) is 18.2 Å². The van der Waals surface area contributed by atoms with Crippen molar-refractivity contribution in [2.24, 2.45) is 0 Å². The Balaban J connectivity index is 1.99. The first-order chi connectivity index (χ1) is 10.9. The van der Waals surface area contributed by atoms with Crippen LogP contribution in [0.1, 0.15) is 10.4 Å². The fourth-order valence-corrected chi connectivity index (χ4v) is 2.04. The third-order valence-corrected chi connectivity index (χ3v) is 3.55. The summed E-state index contributed by atoms with van der Waals surface area (Å²) >= 11 is 11.6. The number of rotatable bonds is 4. The highest BCUT2D eigenvalue weighted by atomic mass is 35.5. The van der Waals surface area contributed by atoms with Crippen LogP contribution in [-0.2, 0) is 9.53 Å². The van der Waals surface area contributed by atoms with Gasteiger partial charge in [-0.3, -0.25) is 4.79 Å². The van der Waals surface area contributed by atoms with Crippen molar-refractivity contribution < 1.29 is 23.1 Å². The first-order valence-corrected chi connectivity index (χ1v) is 7.00. The van der Waals surface area contributed by atoms with Gasteiger partial charge in [-0.25, -0.2) is 13.6 Å². The van der Waals surface area contributed by atoms with Crippen molar-refractivity contribution in [2.75, 3.05) is 11.9 Å². The number of anilines is 1. The number of ether oxygens (including phenoxy) is 1. The maximum absolute atomic E-state index is 13.4. The summed E-state index contributed by atoms with van der Waals surface area (Å²) in [5.74, 6) is -3.67. The van der Waals surface area contributed by atoms with Crippen molar-refractivity contribution >= 4 is 40.8 Å². The lowest BCUT2D eigenvalue weighted by Gasteiger charge is -2.09. The molecule has 2 aromatic rings. The van der Waals surface area contributed by atoms with Gasteiger partial charge in [-0.2, -0.15) is 0 Å². The van der Waals surface area contributed by atoms with Gasteiger partial charge >= 0.3 is 5.97 Å². The summed E-state index contributed by atoms with van der Waals surface area (Å²) < 4.78 is 31.5. The molecular formula is C15H9Cl2F2NO3. The van der Waals surface area contributed by atoms with E-state index in [4.69, 9.17) is 27.9 Å². The second-order valence-corrected chi connectivity index (χ2v) is 5.11. The maximum atomic E-state index is 13.4. The Labute approximate surface area is 140 Å². The molecule has 1 amide bonds. The zero-order valence-electron chi connectivity index (χ0n) is 11.4. The first-order valence-electron chi connectivity index (χ1n) is 6.25. The van der Waals surface area contributed by atoms with E-state index in [-0.39, 0.29) is 15.6 Å². The molecule has 8 heteroatoms. The minimum Gasteiger partial charge on any atom is -0.452 e. The van der Waals surface area contributed by atoms with Crippen LogP contribution in [0.2, 0.25) is 10.0 Å². The minimum atomic E-state index is -0.942. The van der Waals surface area contributed by atoms with E-state index in [1.807, 2.05) is 5.32 Å². The largest absolute Gasteiger partial charge is 0.452 e. The number of nitrogens with one attached hydrogen (secondary N) is 1. The molecule has 0 saturated carbocycles. The minimum absolute atomic E-state index is 0.0141. The summed E-state index contributed by atoms with van der Waals surface area (Å²) in [6.07, 6.45) is 0. The van der Waals surface area contributed by atoms with Crippen LogP contribution in [0.4, 0.5) is 14.5 Å². The van der Waals surface area contributed by atoms with Crippen LogP contribution >= 0.6 is 23.2 Å². The standard InChI is InChI=1S/C15H9Cl2F2NO3/c16-9-4-1-3-8(13(9)17)15(22)23-7-12(21)20-14-10(18)5-2-6-11(14)19/h1-6H,7H2,(H,20,21). The van der Waals surface area contributed by atoms with Crippen LogP contribution in [0.15, 0.2) is 36.4 Å². The number of hydrogen-bond donors (Lipinski definition) is 1. The molecule has 0 aliphatic heterocycles. The molecule has 2 rings (SSSR count). The highest BCUT2D eigenvalue weighted by Gasteiger charge is 2.17. The van der Waals surface area contributed by atoms with Crippen LogP contribution < -0.4 is 5.32 Å². The topological polar surface area (TPSA) is 55.4 Å². The lowest BCUT2D eigenvalue weighted by molar-refractivity contribution is -0.119. The van der Waals surface area contributed by atoms with Gasteiger partial charge in [0, 0.05) is 0 Å². The molecule has 0 fully saturated rings. The third kappa shape index (κ3) is 4.18. The molecule has 0 heterocycles. The average Bonchev–Trinajstić information content (AvgIpc) is 2.51. The van der Waals surface area contributed by atoms with Gasteiger partial charge < -0.3 is 10.1 Å². The summed E-state index contributed by atoms with van der Waals surface area (Å²) in [6.45, 7) is -0.741. The fourth-order valence-electron chi connectivity index (χ4n) is 1.66. The second-order valence-electron chi connectivity index (χ2n) is 4.32. The lowest BCUT2D eigenvalue weighted by Crippen LogP contribution is -2.22. The van der Waals surface area contributed by atoms with Crippen LogP contribution in [0.3, 0.4) is 0 Å². The molecule has 1 N–H and O–H groups in total. The number of amides is 1. The van der Waals surface area contributed by atoms with E-state index >= 15 is 0 Å². The summed E-state index contributed by atoms with van der Waals surface area (Å²) in [4.78, 5) is 23.4.